The molecule has 2 nitrogen and oxygen atoms in total. The van der Waals surface area contributed by atoms with E-state index >= 15 is 0 Å². The van der Waals surface area contributed by atoms with Crippen molar-refractivity contribution in [3.63, 3.8) is 0 Å². The van der Waals surface area contributed by atoms with Crippen molar-refractivity contribution in [3.8, 4) is 0 Å². The molecule has 0 saturated heterocycles. The Kier molecular flexibility index (Phi) is 7.05. The van der Waals surface area contributed by atoms with Gasteiger partial charge in [0, 0.05) is 16.0 Å². The molecule has 21 heavy (non-hydrogen) atoms. The Morgan fingerprint density at radius 2 is 2.00 bits per heavy atom. The van der Waals surface area contributed by atoms with Gasteiger partial charge in [0.2, 0.25) is 0 Å². The lowest BCUT2D eigenvalue weighted by Crippen LogP contribution is -2.37. The van der Waals surface area contributed by atoms with Gasteiger partial charge in [0.25, 0.3) is 0 Å². The normalized spacial score (nSPS) is 15.0. The van der Waals surface area contributed by atoms with Crippen LogP contribution in [0.4, 0.5) is 0 Å². The molecule has 0 radical (unpaired) electrons. The number of allylic oxidation sites excluding steroid dienone is 1. The number of carbonyl (C=O) groups is 1. The summed E-state index contributed by atoms with van der Waals surface area (Å²) in [4.78, 5) is 12.5. The predicted molar refractivity (Wildman–Crippen MR) is 89.2 cm³/mol. The van der Waals surface area contributed by atoms with E-state index in [2.05, 4.69) is 0 Å². The third kappa shape index (κ3) is 4.38. The first kappa shape index (κ1) is 18.3. The monoisotopic (exact) mass is 348 g/mol. The van der Waals surface area contributed by atoms with Gasteiger partial charge in [-0.3, -0.25) is 4.79 Å². The summed E-state index contributed by atoms with van der Waals surface area (Å²) in [7, 11) is 0. The first-order valence-corrected chi connectivity index (χ1v) is 7.93. The minimum atomic E-state index is -0.621. The topological polar surface area (TPSA) is 26.3 Å². The lowest BCUT2D eigenvalue weighted by molar-refractivity contribution is -0.147. The number of ether oxygens (including phenoxy) is 1. The molecule has 1 rings (SSSR count). The zero-order chi connectivity index (χ0) is 16.0. The average Bonchev–Trinajstić information content (AvgIpc) is 2.41. The van der Waals surface area contributed by atoms with E-state index in [9.17, 15) is 4.79 Å². The molecule has 0 aliphatic carbocycles. The second-order valence-corrected chi connectivity index (χ2v) is 6.38. The van der Waals surface area contributed by atoms with E-state index in [1.165, 1.54) is 5.54 Å². The Hall–Kier alpha value is -0.700. The maximum absolute atomic E-state index is 12.5. The fourth-order valence-corrected chi connectivity index (χ4v) is 2.90. The molecular formula is C16H19Cl3O2. The summed E-state index contributed by atoms with van der Waals surface area (Å²) in [6.07, 6.45) is 1.65. The minimum Gasteiger partial charge on any atom is -0.466 e. The molecule has 116 valence electrons. The molecule has 1 aromatic rings. The van der Waals surface area contributed by atoms with Crippen LogP contribution in [0.15, 0.2) is 35.9 Å². The fourth-order valence-electron chi connectivity index (χ4n) is 2.24. The van der Waals surface area contributed by atoms with Crippen LogP contribution in [0.3, 0.4) is 0 Å². The third-order valence-corrected chi connectivity index (χ3v) is 4.63. The van der Waals surface area contributed by atoms with Crippen molar-refractivity contribution in [1.29, 1.82) is 0 Å². The molecule has 0 N–H and O–H groups in total. The first-order valence-electron chi connectivity index (χ1n) is 6.68. The van der Waals surface area contributed by atoms with Gasteiger partial charge in [-0.2, -0.15) is 0 Å². The van der Waals surface area contributed by atoms with Crippen LogP contribution in [0.5, 0.6) is 0 Å². The molecule has 0 fully saturated rings. The summed E-state index contributed by atoms with van der Waals surface area (Å²) in [5.74, 6) is -0.925. The van der Waals surface area contributed by atoms with Crippen molar-refractivity contribution < 1.29 is 9.53 Å². The smallest absolute Gasteiger partial charge is 0.314 e. The lowest BCUT2D eigenvalue weighted by atomic mass is 9.72. The first-order chi connectivity index (χ1) is 9.86. The number of hydrogen-bond donors (Lipinski definition) is 0. The van der Waals surface area contributed by atoms with Crippen molar-refractivity contribution in [1.82, 2.24) is 0 Å². The summed E-state index contributed by atoms with van der Waals surface area (Å²) < 4.78 is 5.21. The number of alkyl halides is 1. The van der Waals surface area contributed by atoms with Crippen LogP contribution in [0, 0.1) is 5.41 Å². The van der Waals surface area contributed by atoms with Crippen molar-refractivity contribution in [2.24, 2.45) is 5.41 Å². The summed E-state index contributed by atoms with van der Waals surface area (Å²) in [6.45, 7) is 5.86. The van der Waals surface area contributed by atoms with E-state index in [-0.39, 0.29) is 5.97 Å². The van der Waals surface area contributed by atoms with Crippen molar-refractivity contribution in [3.05, 3.63) is 46.5 Å². The van der Waals surface area contributed by atoms with Gasteiger partial charge in [-0.1, -0.05) is 61.3 Å². The number of halogens is 3. The quantitative estimate of drug-likeness (QED) is 0.509. The van der Waals surface area contributed by atoms with E-state index in [0.717, 1.165) is 0 Å². The van der Waals surface area contributed by atoms with Crippen LogP contribution in [-0.2, 0) is 9.53 Å². The maximum atomic E-state index is 12.5. The Bertz CT molecular complexity index is 512. The highest BCUT2D eigenvalue weighted by atomic mass is 35.5. The summed E-state index contributed by atoms with van der Waals surface area (Å²) in [6, 6.07) is 7.22. The van der Waals surface area contributed by atoms with E-state index in [0.29, 0.717) is 17.2 Å². The third-order valence-electron chi connectivity index (χ3n) is 3.44. The summed E-state index contributed by atoms with van der Waals surface area (Å²) >= 11 is 18.3. The van der Waals surface area contributed by atoms with Gasteiger partial charge in [0.1, 0.15) is 0 Å². The molecule has 5 heteroatoms. The molecule has 0 saturated carbocycles. The molecule has 2 unspecified atom stereocenters. The number of benzene rings is 1. The van der Waals surface area contributed by atoms with E-state index in [1.54, 1.807) is 19.1 Å². The van der Waals surface area contributed by atoms with Crippen molar-refractivity contribution in [2.75, 3.05) is 6.61 Å². The van der Waals surface area contributed by atoms with Gasteiger partial charge in [-0.25, -0.2) is 0 Å². The molecule has 1 aromatic carbocycles. The zero-order valence-electron chi connectivity index (χ0n) is 12.3. The highest BCUT2D eigenvalue weighted by molar-refractivity contribution is 6.31. The van der Waals surface area contributed by atoms with Gasteiger partial charge >= 0.3 is 5.97 Å². The Morgan fingerprint density at radius 3 is 2.52 bits per heavy atom. The average molecular weight is 350 g/mol. The van der Waals surface area contributed by atoms with Crippen LogP contribution >= 0.6 is 34.8 Å². The van der Waals surface area contributed by atoms with Gasteiger partial charge < -0.3 is 4.74 Å². The predicted octanol–water partition coefficient (Wildman–Crippen LogP) is 5.37. The Morgan fingerprint density at radius 1 is 1.38 bits per heavy atom. The molecule has 0 spiro atoms. The van der Waals surface area contributed by atoms with E-state index in [4.69, 9.17) is 39.5 Å². The molecule has 0 amide bonds. The molecule has 0 aromatic heterocycles. The van der Waals surface area contributed by atoms with E-state index < -0.39 is 16.7 Å². The standard InChI is InChI=1S/C16H19Cl3O2/c1-4-21-15(20)14(11-7-5-6-8-12(11)18)16(2,3)13(19)9-10-17/h5-10,13-14H,4H2,1-3H3/b10-9+. The zero-order valence-corrected chi connectivity index (χ0v) is 14.5. The van der Waals surface area contributed by atoms with Crippen molar-refractivity contribution in [2.45, 2.75) is 32.1 Å². The van der Waals surface area contributed by atoms with Gasteiger partial charge in [-0.05, 0) is 18.6 Å². The molecule has 0 aliphatic heterocycles. The highest BCUT2D eigenvalue weighted by Crippen LogP contribution is 2.44. The number of esters is 1. The van der Waals surface area contributed by atoms with Gasteiger partial charge in [0.05, 0.1) is 17.9 Å². The second kappa shape index (κ2) is 8.07. The van der Waals surface area contributed by atoms with Crippen LogP contribution < -0.4 is 0 Å². The molecule has 0 bridgehead atoms. The maximum Gasteiger partial charge on any atom is 0.314 e. The SMILES string of the molecule is CCOC(=O)C(c1ccccc1Cl)C(C)(C)C(Cl)/C=C/Cl. The van der Waals surface area contributed by atoms with Crippen LogP contribution in [0.1, 0.15) is 32.3 Å². The number of hydrogen-bond acceptors (Lipinski definition) is 2. The van der Waals surface area contributed by atoms with Crippen LogP contribution in [0.25, 0.3) is 0 Å². The summed E-state index contributed by atoms with van der Waals surface area (Å²) in [5, 5.41) is 0.0722. The lowest BCUT2D eigenvalue weighted by Gasteiger charge is -2.36. The fraction of sp³-hybridized carbons (Fsp3) is 0.438. The molecule has 0 aliphatic rings. The number of rotatable bonds is 6. The Balaban J connectivity index is 3.32. The van der Waals surface area contributed by atoms with Crippen LogP contribution in [-0.4, -0.2) is 18.0 Å². The molecule has 2 atom stereocenters. The van der Waals surface area contributed by atoms with Crippen LogP contribution in [0.2, 0.25) is 5.02 Å². The highest BCUT2D eigenvalue weighted by Gasteiger charge is 2.42. The molecule has 0 heterocycles. The minimum absolute atomic E-state index is 0.300. The van der Waals surface area contributed by atoms with Gasteiger partial charge in [-0.15, -0.1) is 11.6 Å². The second-order valence-electron chi connectivity index (χ2n) is 5.25. The van der Waals surface area contributed by atoms with Gasteiger partial charge in [0.15, 0.2) is 0 Å². The largest absolute Gasteiger partial charge is 0.466 e. The number of carbonyl (C=O) groups excluding carboxylic acids is 1. The van der Waals surface area contributed by atoms with Crippen molar-refractivity contribution >= 4 is 40.8 Å². The van der Waals surface area contributed by atoms with E-state index in [1.807, 2.05) is 32.0 Å². The molecular weight excluding hydrogens is 331 g/mol. The summed E-state index contributed by atoms with van der Waals surface area (Å²) in [5.41, 5.74) is 1.44. The Labute approximate surface area is 141 Å².